The van der Waals surface area contributed by atoms with Crippen LogP contribution in [0.1, 0.15) is 41.6 Å². The van der Waals surface area contributed by atoms with Crippen LogP contribution in [0.3, 0.4) is 0 Å². The van der Waals surface area contributed by atoms with E-state index >= 15 is 0 Å². The molecule has 0 atom stereocenters. The van der Waals surface area contributed by atoms with Gasteiger partial charge in [0.25, 0.3) is 5.78 Å². The zero-order valence-corrected chi connectivity index (χ0v) is 12.5. The van der Waals surface area contributed by atoms with Crippen LogP contribution in [0.25, 0.3) is 0 Å². The highest BCUT2D eigenvalue weighted by molar-refractivity contribution is 6.35. The van der Waals surface area contributed by atoms with E-state index in [4.69, 9.17) is 11.6 Å². The number of alkyl halides is 3. The topological polar surface area (TPSA) is 20.3 Å². The second kappa shape index (κ2) is 6.36. The summed E-state index contributed by atoms with van der Waals surface area (Å²) in [5.74, 6) is -1.76. The number of hydrogen-bond donors (Lipinski definition) is 0. The second-order valence-corrected chi connectivity index (χ2v) is 5.62. The lowest BCUT2D eigenvalue weighted by Gasteiger charge is -2.31. The van der Waals surface area contributed by atoms with Crippen LogP contribution in [-0.2, 0) is 0 Å². The molecule has 2 rings (SSSR count). The van der Waals surface area contributed by atoms with Gasteiger partial charge >= 0.3 is 6.18 Å². The third kappa shape index (κ3) is 3.58. The van der Waals surface area contributed by atoms with Crippen molar-refractivity contribution < 1.29 is 18.0 Å². The number of benzene rings is 1. The number of carbonyl (C=O) groups excluding carboxylic acids is 1. The second-order valence-electron chi connectivity index (χ2n) is 5.24. The van der Waals surface area contributed by atoms with Crippen LogP contribution < -0.4 is 0 Å². The summed E-state index contributed by atoms with van der Waals surface area (Å²) < 4.78 is 37.7. The van der Waals surface area contributed by atoms with Crippen molar-refractivity contribution in [1.82, 2.24) is 4.90 Å². The van der Waals surface area contributed by atoms with Crippen LogP contribution in [0.4, 0.5) is 13.2 Å². The lowest BCUT2D eigenvalue weighted by Crippen LogP contribution is -2.32. The van der Waals surface area contributed by atoms with E-state index in [1.54, 1.807) is 6.07 Å². The maximum atomic E-state index is 12.6. The van der Waals surface area contributed by atoms with Crippen LogP contribution in [0.2, 0.25) is 5.02 Å². The molecule has 1 aromatic rings. The molecule has 1 aliphatic heterocycles. The summed E-state index contributed by atoms with van der Waals surface area (Å²) in [6.07, 6.45) is -3.21. The van der Waals surface area contributed by atoms with Gasteiger partial charge in [-0.05, 0) is 50.0 Å². The maximum absolute atomic E-state index is 12.6. The molecule has 0 unspecified atom stereocenters. The van der Waals surface area contributed by atoms with Gasteiger partial charge in [0, 0.05) is 5.56 Å². The van der Waals surface area contributed by atoms with E-state index in [9.17, 15) is 18.0 Å². The molecule has 0 N–H and O–H groups in total. The molecule has 1 aromatic carbocycles. The van der Waals surface area contributed by atoms with Gasteiger partial charge in [0.05, 0.1) is 5.02 Å². The Balaban J connectivity index is 2.25. The van der Waals surface area contributed by atoms with Crippen LogP contribution in [0.15, 0.2) is 18.2 Å². The molecule has 1 heterocycles. The predicted molar refractivity (Wildman–Crippen MR) is 75.9 cm³/mol. The molecule has 0 saturated carbocycles. The van der Waals surface area contributed by atoms with Crippen molar-refractivity contribution in [1.29, 1.82) is 0 Å². The summed E-state index contributed by atoms with van der Waals surface area (Å²) in [7, 11) is 0. The van der Waals surface area contributed by atoms with Crippen LogP contribution in [0.5, 0.6) is 0 Å². The summed E-state index contributed by atoms with van der Waals surface area (Å²) >= 11 is 6.08. The third-order valence-electron chi connectivity index (χ3n) is 4.01. The number of halogens is 4. The molecular formula is C15H17ClF3NO. The number of nitrogens with zero attached hydrogens (tertiary/aromatic N) is 1. The first-order valence-corrected chi connectivity index (χ1v) is 7.34. The lowest BCUT2D eigenvalue weighted by molar-refractivity contribution is -0.0885. The van der Waals surface area contributed by atoms with E-state index in [0.717, 1.165) is 38.5 Å². The first kappa shape index (κ1) is 16.3. The number of Topliss-reactive ketones (excluding diaryl/α,β-unsaturated/α-hetero) is 1. The van der Waals surface area contributed by atoms with Gasteiger partial charge in [0.1, 0.15) is 0 Å². The molecule has 21 heavy (non-hydrogen) atoms. The number of ketones is 1. The fourth-order valence-corrected chi connectivity index (χ4v) is 3.12. The number of hydrogen-bond acceptors (Lipinski definition) is 2. The average molecular weight is 320 g/mol. The molecule has 2 nitrogen and oxygen atoms in total. The highest BCUT2D eigenvalue weighted by Gasteiger charge is 2.40. The van der Waals surface area contributed by atoms with Crippen molar-refractivity contribution in [2.45, 2.75) is 31.9 Å². The standard InChI is InChI=1S/C15H17ClF3NO/c1-2-20-8-6-10(7-9-20)11-4-3-5-12(13(11)16)14(21)15(17,18)19/h3-5,10H,2,6-9H2,1H3. The minimum atomic E-state index is -4.90. The maximum Gasteiger partial charge on any atom is 0.454 e. The number of piperidine rings is 1. The number of rotatable bonds is 3. The summed E-state index contributed by atoms with van der Waals surface area (Å²) in [5.41, 5.74) is 0.210. The molecule has 0 aromatic heterocycles. The summed E-state index contributed by atoms with van der Waals surface area (Å²) in [5, 5.41) is -0.0465. The summed E-state index contributed by atoms with van der Waals surface area (Å²) in [4.78, 5) is 13.7. The quantitative estimate of drug-likeness (QED) is 0.775. The number of carbonyl (C=O) groups is 1. The molecule has 0 radical (unpaired) electrons. The predicted octanol–water partition coefficient (Wildman–Crippen LogP) is 4.28. The SMILES string of the molecule is CCN1CCC(c2cccc(C(=O)C(F)(F)F)c2Cl)CC1. The van der Waals surface area contributed by atoms with Crippen LogP contribution >= 0.6 is 11.6 Å². The Morgan fingerprint density at radius 3 is 2.48 bits per heavy atom. The normalized spacial score (nSPS) is 18.0. The van der Waals surface area contributed by atoms with Crippen molar-refractivity contribution >= 4 is 17.4 Å². The van der Waals surface area contributed by atoms with E-state index in [1.165, 1.54) is 6.07 Å². The first-order chi connectivity index (χ1) is 9.84. The molecule has 1 fully saturated rings. The summed E-state index contributed by atoms with van der Waals surface area (Å²) in [6, 6.07) is 4.34. The molecular weight excluding hydrogens is 303 g/mol. The number of likely N-dealkylation sites (tertiary alicyclic amines) is 1. The molecule has 116 valence electrons. The molecule has 0 bridgehead atoms. The van der Waals surface area contributed by atoms with Crippen molar-refractivity contribution in [3.63, 3.8) is 0 Å². The van der Waals surface area contributed by atoms with Gasteiger partial charge in [-0.1, -0.05) is 30.7 Å². The summed E-state index contributed by atoms with van der Waals surface area (Å²) in [6.45, 7) is 4.84. The van der Waals surface area contributed by atoms with Gasteiger partial charge < -0.3 is 4.90 Å². The van der Waals surface area contributed by atoms with Gasteiger partial charge in [-0.3, -0.25) is 4.79 Å². The minimum absolute atomic E-state index is 0.0465. The monoisotopic (exact) mass is 319 g/mol. The Morgan fingerprint density at radius 1 is 1.33 bits per heavy atom. The van der Waals surface area contributed by atoms with Gasteiger partial charge in [0.2, 0.25) is 0 Å². The van der Waals surface area contributed by atoms with Gasteiger partial charge in [-0.15, -0.1) is 0 Å². The Morgan fingerprint density at radius 2 is 1.95 bits per heavy atom. The van der Waals surface area contributed by atoms with Crippen molar-refractivity contribution in [2.75, 3.05) is 19.6 Å². The van der Waals surface area contributed by atoms with E-state index < -0.39 is 17.5 Å². The molecule has 6 heteroatoms. The molecule has 0 amide bonds. The van der Waals surface area contributed by atoms with Gasteiger partial charge in [-0.25, -0.2) is 0 Å². The van der Waals surface area contributed by atoms with E-state index in [2.05, 4.69) is 11.8 Å². The van der Waals surface area contributed by atoms with E-state index in [0.29, 0.717) is 5.56 Å². The van der Waals surface area contributed by atoms with E-state index in [1.807, 2.05) is 0 Å². The smallest absolute Gasteiger partial charge is 0.304 e. The van der Waals surface area contributed by atoms with Crippen molar-refractivity contribution in [3.05, 3.63) is 34.3 Å². The molecule has 1 aliphatic rings. The largest absolute Gasteiger partial charge is 0.454 e. The Labute approximate surface area is 126 Å². The Kier molecular flexibility index (Phi) is 4.94. The molecule has 0 spiro atoms. The zero-order valence-electron chi connectivity index (χ0n) is 11.7. The van der Waals surface area contributed by atoms with Gasteiger partial charge in [-0.2, -0.15) is 13.2 Å². The van der Waals surface area contributed by atoms with Crippen LogP contribution in [-0.4, -0.2) is 36.5 Å². The Hall–Kier alpha value is -1.07. The highest BCUT2D eigenvalue weighted by atomic mass is 35.5. The van der Waals surface area contributed by atoms with Gasteiger partial charge in [0.15, 0.2) is 0 Å². The lowest BCUT2D eigenvalue weighted by atomic mass is 9.88. The Bertz CT molecular complexity index is 522. The highest BCUT2D eigenvalue weighted by Crippen LogP contribution is 2.36. The fraction of sp³-hybridized carbons (Fsp3) is 0.533. The first-order valence-electron chi connectivity index (χ1n) is 6.97. The third-order valence-corrected chi connectivity index (χ3v) is 4.43. The fourth-order valence-electron chi connectivity index (χ4n) is 2.75. The molecule has 0 aliphatic carbocycles. The van der Waals surface area contributed by atoms with Crippen molar-refractivity contribution in [3.8, 4) is 0 Å². The van der Waals surface area contributed by atoms with Crippen molar-refractivity contribution in [2.24, 2.45) is 0 Å². The molecule has 1 saturated heterocycles. The zero-order chi connectivity index (χ0) is 15.6. The van der Waals surface area contributed by atoms with Crippen LogP contribution in [0, 0.1) is 0 Å². The average Bonchev–Trinajstić information content (AvgIpc) is 2.46. The van der Waals surface area contributed by atoms with E-state index in [-0.39, 0.29) is 10.9 Å². The minimum Gasteiger partial charge on any atom is -0.304 e.